The van der Waals surface area contributed by atoms with Gasteiger partial charge in [0, 0.05) is 60.2 Å². The molecule has 0 saturated heterocycles. The number of allylic oxidation sites excluding steroid dienone is 2. The minimum Gasteiger partial charge on any atom is -0.512 e. The Morgan fingerprint density at radius 3 is 2.02 bits per heavy atom. The number of pyridine rings is 1. The van der Waals surface area contributed by atoms with E-state index in [9.17, 15) is 9.90 Å². The van der Waals surface area contributed by atoms with E-state index in [1.807, 2.05) is 33.9 Å². The van der Waals surface area contributed by atoms with E-state index in [0.717, 1.165) is 52.2 Å². The molecular formula is C50H65IrN2O2S-. The van der Waals surface area contributed by atoms with Crippen LogP contribution in [-0.2, 0) is 24.9 Å². The fourth-order valence-corrected chi connectivity index (χ4v) is 9.43. The van der Waals surface area contributed by atoms with Gasteiger partial charge in [0.25, 0.3) is 0 Å². The summed E-state index contributed by atoms with van der Waals surface area (Å²) in [7, 11) is 0. The second kappa shape index (κ2) is 21.0. The predicted molar refractivity (Wildman–Crippen MR) is 237 cm³/mol. The zero-order valence-corrected chi connectivity index (χ0v) is 38.8. The van der Waals surface area contributed by atoms with Gasteiger partial charge in [-0.3, -0.25) is 9.78 Å². The summed E-state index contributed by atoms with van der Waals surface area (Å²) in [4.78, 5) is 22.0. The Labute approximate surface area is 355 Å². The van der Waals surface area contributed by atoms with Crippen molar-refractivity contribution in [3.05, 3.63) is 94.9 Å². The number of hydrogen-bond acceptors (Lipinski definition) is 5. The van der Waals surface area contributed by atoms with Crippen molar-refractivity contribution in [1.29, 1.82) is 0 Å². The molecule has 1 saturated carbocycles. The average Bonchev–Trinajstić information content (AvgIpc) is 3.63. The van der Waals surface area contributed by atoms with Crippen molar-refractivity contribution in [2.24, 2.45) is 11.8 Å². The van der Waals surface area contributed by atoms with Gasteiger partial charge in [-0.2, -0.15) is 0 Å². The number of fused-ring (bicyclic) bond motifs is 2. The zero-order chi connectivity index (χ0) is 39.8. The third-order valence-corrected chi connectivity index (χ3v) is 12.9. The van der Waals surface area contributed by atoms with E-state index in [1.165, 1.54) is 76.8 Å². The first-order valence-corrected chi connectivity index (χ1v) is 22.1. The minimum absolute atomic E-state index is 0. The summed E-state index contributed by atoms with van der Waals surface area (Å²) < 4.78 is 1.16. The van der Waals surface area contributed by atoms with Crippen LogP contribution in [0.5, 0.6) is 0 Å². The second-order valence-corrected chi connectivity index (χ2v) is 17.6. The van der Waals surface area contributed by atoms with Crippen molar-refractivity contribution < 1.29 is 30.0 Å². The molecule has 2 aromatic heterocycles. The van der Waals surface area contributed by atoms with E-state index in [2.05, 4.69) is 96.1 Å². The molecule has 6 rings (SSSR count). The maximum absolute atomic E-state index is 11.7. The van der Waals surface area contributed by atoms with Gasteiger partial charge in [0.15, 0.2) is 5.78 Å². The van der Waals surface area contributed by atoms with Crippen molar-refractivity contribution in [3.8, 4) is 21.8 Å². The number of aliphatic hydroxyl groups is 1. The fraction of sp³-hybridized carbons (Fsp3) is 0.500. The zero-order valence-electron chi connectivity index (χ0n) is 35.6. The first-order chi connectivity index (χ1) is 26.4. The smallest absolute Gasteiger partial charge is 0.162 e. The van der Waals surface area contributed by atoms with Crippen LogP contribution in [0.4, 0.5) is 0 Å². The molecule has 0 atom stereocenters. The number of aliphatic hydroxyl groups excluding tert-OH is 1. The fourth-order valence-electron chi connectivity index (χ4n) is 8.27. The Kier molecular flexibility index (Phi) is 17.1. The maximum atomic E-state index is 11.7. The van der Waals surface area contributed by atoms with Crippen molar-refractivity contribution >= 4 is 38.1 Å². The van der Waals surface area contributed by atoms with Gasteiger partial charge >= 0.3 is 0 Å². The van der Waals surface area contributed by atoms with E-state index < -0.39 is 0 Å². The van der Waals surface area contributed by atoms with Gasteiger partial charge in [0.2, 0.25) is 0 Å². The molecule has 0 aliphatic heterocycles. The number of aromatic nitrogens is 2. The predicted octanol–water partition coefficient (Wildman–Crippen LogP) is 15.3. The molecule has 4 nitrogen and oxygen atoms in total. The molecule has 1 radical (unpaired) electrons. The summed E-state index contributed by atoms with van der Waals surface area (Å²) >= 11 is 1.80. The van der Waals surface area contributed by atoms with Gasteiger partial charge in [-0.05, 0) is 85.0 Å². The molecule has 0 bridgehead atoms. The van der Waals surface area contributed by atoms with Gasteiger partial charge < -0.3 is 5.11 Å². The van der Waals surface area contributed by atoms with Crippen LogP contribution in [0.2, 0.25) is 0 Å². The first kappa shape index (κ1) is 45.5. The van der Waals surface area contributed by atoms with Crippen molar-refractivity contribution in [3.63, 3.8) is 0 Å². The standard InChI is InChI=1S/C37H41N2S.C13H24O2.Ir/c1-22(2)27-19-30(23(3)4)34(31(20-27)24(5)6)37-39-33-16-17-38-35(36(33)40-37)28-18-26-14-10-11-15-29(26)32(21-28)25-12-8-7-9-13-25;1-5-10(6-2)12(14)9-13(15)11(7-3)8-4;/h10-11,14-17,19-25H,7-9,12-13H2,1-6H3;9-11,14H,5-8H2,1-4H3;/q-1;;/b;12-9-;. The summed E-state index contributed by atoms with van der Waals surface area (Å²) in [6.45, 7) is 21.9. The van der Waals surface area contributed by atoms with Crippen LogP contribution in [0.25, 0.3) is 42.8 Å². The van der Waals surface area contributed by atoms with Crippen molar-refractivity contribution in [2.75, 3.05) is 0 Å². The molecule has 6 heteroatoms. The molecule has 0 spiro atoms. The first-order valence-electron chi connectivity index (χ1n) is 21.2. The molecule has 1 aliphatic carbocycles. The molecule has 3 aromatic carbocycles. The number of ketones is 1. The molecule has 0 amide bonds. The normalized spacial score (nSPS) is 13.9. The average molecular weight is 950 g/mol. The third kappa shape index (κ3) is 10.5. The van der Waals surface area contributed by atoms with Crippen LogP contribution >= 0.6 is 11.3 Å². The number of benzene rings is 3. The maximum Gasteiger partial charge on any atom is 0.162 e. The summed E-state index contributed by atoms with van der Waals surface area (Å²) in [6, 6.07) is 21.9. The van der Waals surface area contributed by atoms with E-state index in [4.69, 9.17) is 9.97 Å². The van der Waals surface area contributed by atoms with Gasteiger partial charge in [0.05, 0.1) is 11.3 Å². The molecule has 303 valence electrons. The Balaban J connectivity index is 0.000000372. The molecular weight excluding hydrogens is 885 g/mol. The summed E-state index contributed by atoms with van der Waals surface area (Å²) in [5, 5.41) is 13.4. The summed E-state index contributed by atoms with van der Waals surface area (Å²) in [5.41, 5.74) is 10.2. The van der Waals surface area contributed by atoms with Crippen LogP contribution in [0.3, 0.4) is 0 Å². The number of thiazole rings is 1. The molecule has 5 aromatic rings. The van der Waals surface area contributed by atoms with Crippen LogP contribution in [0.1, 0.15) is 173 Å². The molecule has 56 heavy (non-hydrogen) atoms. The van der Waals surface area contributed by atoms with Crippen LogP contribution in [0.15, 0.2) is 66.6 Å². The third-order valence-electron chi connectivity index (χ3n) is 11.8. The monoisotopic (exact) mass is 950 g/mol. The SMILES string of the molecule is CC(C)c1cc(C(C)C)c(-c2nc3ccnc(-c4[c-]c5ccccc5c(C5CCCCC5)c4)c3s2)c(C(C)C)c1.CCC(CC)C(=O)/C=C(\O)C(CC)CC.[Ir]. The van der Waals surface area contributed by atoms with Gasteiger partial charge in [-0.15, -0.1) is 40.5 Å². The Bertz CT molecular complexity index is 2050. The second-order valence-electron chi connectivity index (χ2n) is 16.6. The number of hydrogen-bond donors (Lipinski definition) is 1. The van der Waals surface area contributed by atoms with E-state index in [0.29, 0.717) is 23.7 Å². The number of nitrogens with zero attached hydrogens (tertiary/aromatic N) is 2. The van der Waals surface area contributed by atoms with Crippen molar-refractivity contribution in [2.45, 2.75) is 151 Å². The van der Waals surface area contributed by atoms with Gasteiger partial charge in [-0.1, -0.05) is 130 Å². The topological polar surface area (TPSA) is 63.1 Å². The van der Waals surface area contributed by atoms with Crippen LogP contribution in [-0.4, -0.2) is 20.9 Å². The summed E-state index contributed by atoms with van der Waals surface area (Å²) in [6.07, 6.45) is 13.4. The largest absolute Gasteiger partial charge is 0.512 e. The van der Waals surface area contributed by atoms with E-state index >= 15 is 0 Å². The minimum atomic E-state index is 0. The van der Waals surface area contributed by atoms with Gasteiger partial charge in [-0.25, -0.2) is 4.98 Å². The molecule has 1 N–H and O–H groups in total. The Morgan fingerprint density at radius 1 is 0.839 bits per heavy atom. The number of carbonyl (C=O) groups excluding carboxylic acids is 1. The summed E-state index contributed by atoms with van der Waals surface area (Å²) in [5.74, 6) is 2.50. The quantitative estimate of drug-likeness (QED) is 0.0726. The van der Waals surface area contributed by atoms with E-state index in [1.54, 1.807) is 11.3 Å². The molecule has 1 aliphatic rings. The molecule has 0 unspecified atom stereocenters. The van der Waals surface area contributed by atoms with Gasteiger partial charge in [0.1, 0.15) is 5.01 Å². The molecule has 2 heterocycles. The van der Waals surface area contributed by atoms with Crippen molar-refractivity contribution in [1.82, 2.24) is 9.97 Å². The number of carbonyl (C=O) groups is 1. The van der Waals surface area contributed by atoms with Crippen LogP contribution < -0.4 is 0 Å². The Morgan fingerprint density at radius 2 is 1.45 bits per heavy atom. The van der Waals surface area contributed by atoms with Crippen LogP contribution in [0, 0.1) is 17.9 Å². The van der Waals surface area contributed by atoms with E-state index in [-0.39, 0.29) is 43.5 Å². The molecule has 1 fully saturated rings. The Hall–Kier alpha value is -3.18. The number of rotatable bonds is 13.